The first kappa shape index (κ1) is 21.2. The van der Waals surface area contributed by atoms with Gasteiger partial charge in [0.15, 0.2) is 5.82 Å². The Balaban J connectivity index is 1.59. The molecule has 0 unspecified atom stereocenters. The number of piperazine rings is 1. The van der Waals surface area contributed by atoms with E-state index >= 15 is 0 Å². The van der Waals surface area contributed by atoms with Crippen molar-refractivity contribution in [1.29, 1.82) is 0 Å². The average Bonchev–Trinajstić information content (AvgIpc) is 3.15. The maximum absolute atomic E-state index is 13.2. The topological polar surface area (TPSA) is 106 Å². The third kappa shape index (κ3) is 4.39. The third-order valence-corrected chi connectivity index (χ3v) is 5.83. The first-order valence-electron chi connectivity index (χ1n) is 10.5. The second-order valence-electron chi connectivity index (χ2n) is 7.72. The highest BCUT2D eigenvalue weighted by Crippen LogP contribution is 2.27. The lowest BCUT2D eigenvalue weighted by Gasteiger charge is -2.34. The monoisotopic (exact) mass is 424 g/mol. The quantitative estimate of drug-likeness (QED) is 0.518. The van der Waals surface area contributed by atoms with Crippen molar-refractivity contribution in [3.8, 4) is 0 Å². The van der Waals surface area contributed by atoms with Crippen LogP contribution in [-0.2, 0) is 0 Å². The number of aryl methyl sites for hydroxylation is 1. The Morgan fingerprint density at radius 3 is 2.58 bits per heavy atom. The molecule has 1 aliphatic heterocycles. The number of carbonyl (C=O) groups is 1. The lowest BCUT2D eigenvalue weighted by atomic mass is 10.1. The van der Waals surface area contributed by atoms with Crippen LogP contribution in [0.25, 0.3) is 5.52 Å². The van der Waals surface area contributed by atoms with E-state index in [0.29, 0.717) is 31.0 Å². The molecule has 164 valence electrons. The van der Waals surface area contributed by atoms with Gasteiger partial charge in [-0.25, -0.2) is 9.50 Å². The summed E-state index contributed by atoms with van der Waals surface area (Å²) in [4.78, 5) is 21.6. The number of rotatable bonds is 7. The largest absolute Gasteiger partial charge is 0.395 e. The molecule has 0 aliphatic carbocycles. The highest BCUT2D eigenvalue weighted by Gasteiger charge is 2.26. The molecule has 1 saturated heterocycles. The molecular weight excluding hydrogens is 396 g/mol. The molecule has 1 aromatic carbocycles. The van der Waals surface area contributed by atoms with Crippen LogP contribution in [0.1, 0.15) is 27.5 Å². The highest BCUT2D eigenvalue weighted by atomic mass is 16.3. The number of β-amino-alcohol motifs (C(OH)–C–C–N with tert-alkyl or cyclic N) is 1. The minimum absolute atomic E-state index is 0.0284. The van der Waals surface area contributed by atoms with Gasteiger partial charge in [0, 0.05) is 38.9 Å². The van der Waals surface area contributed by atoms with Crippen LogP contribution in [0.4, 0.5) is 5.82 Å². The van der Waals surface area contributed by atoms with Crippen molar-refractivity contribution in [2.24, 2.45) is 0 Å². The van der Waals surface area contributed by atoms with Crippen LogP contribution >= 0.6 is 0 Å². The number of hydrogen-bond acceptors (Lipinski definition) is 7. The molecular formula is C22H28N6O3. The minimum Gasteiger partial charge on any atom is -0.395 e. The summed E-state index contributed by atoms with van der Waals surface area (Å²) >= 11 is 0. The first-order valence-corrected chi connectivity index (χ1v) is 10.5. The molecule has 0 bridgehead atoms. The normalized spacial score (nSPS) is 15.9. The van der Waals surface area contributed by atoms with E-state index in [-0.39, 0.29) is 25.2 Å². The molecule has 3 N–H and O–H groups in total. The molecule has 4 rings (SSSR count). The van der Waals surface area contributed by atoms with Crippen molar-refractivity contribution in [1.82, 2.24) is 24.4 Å². The van der Waals surface area contributed by atoms with E-state index < -0.39 is 0 Å². The fraction of sp³-hybridized carbons (Fsp3) is 0.409. The fourth-order valence-electron chi connectivity index (χ4n) is 4.05. The summed E-state index contributed by atoms with van der Waals surface area (Å²) in [6.07, 6.45) is 3.19. The number of benzene rings is 1. The molecule has 3 aromatic rings. The highest BCUT2D eigenvalue weighted by molar-refractivity contribution is 5.99. The Kier molecular flexibility index (Phi) is 6.45. The summed E-state index contributed by atoms with van der Waals surface area (Å²) in [6, 6.07) is 9.35. The SMILES string of the molecule is Cc1c(C(=O)N2CCN(CCO)CC2)cn2ncnc(N[C@H](CO)c3ccccc3)c12. The summed E-state index contributed by atoms with van der Waals surface area (Å²) in [5, 5.41) is 26.6. The summed E-state index contributed by atoms with van der Waals surface area (Å²) in [5.41, 5.74) is 3.07. The van der Waals surface area contributed by atoms with E-state index in [1.54, 1.807) is 10.7 Å². The minimum atomic E-state index is -0.326. The average molecular weight is 425 g/mol. The van der Waals surface area contributed by atoms with Gasteiger partial charge < -0.3 is 20.4 Å². The number of carbonyl (C=O) groups excluding carboxylic acids is 1. The second-order valence-corrected chi connectivity index (χ2v) is 7.72. The third-order valence-electron chi connectivity index (χ3n) is 5.83. The zero-order valence-electron chi connectivity index (χ0n) is 17.6. The lowest BCUT2D eigenvalue weighted by molar-refractivity contribution is 0.0614. The molecule has 1 atom stereocenters. The number of aliphatic hydroxyl groups is 2. The van der Waals surface area contributed by atoms with Gasteiger partial charge in [-0.15, -0.1) is 0 Å². The molecule has 9 nitrogen and oxygen atoms in total. The van der Waals surface area contributed by atoms with Crippen molar-refractivity contribution in [3.05, 3.63) is 59.5 Å². The smallest absolute Gasteiger partial charge is 0.255 e. The zero-order valence-corrected chi connectivity index (χ0v) is 17.6. The standard InChI is InChI=1S/C22H28N6O3/c1-16-18(22(31)27-9-7-26(8-10-27)11-12-29)13-28-20(16)21(23-15-24-28)25-19(14-30)17-5-3-2-4-6-17/h2-6,13,15,19,29-30H,7-12,14H2,1H3,(H,23,24,25)/t19-/m1/s1. The Labute approximate surface area is 180 Å². The number of fused-ring (bicyclic) bond motifs is 1. The van der Waals surface area contributed by atoms with Gasteiger partial charge in [-0.1, -0.05) is 30.3 Å². The van der Waals surface area contributed by atoms with E-state index in [9.17, 15) is 9.90 Å². The zero-order chi connectivity index (χ0) is 21.8. The number of aliphatic hydroxyl groups excluding tert-OH is 2. The molecule has 2 aromatic heterocycles. The predicted molar refractivity (Wildman–Crippen MR) is 117 cm³/mol. The van der Waals surface area contributed by atoms with Crippen LogP contribution < -0.4 is 5.32 Å². The molecule has 3 heterocycles. The Morgan fingerprint density at radius 1 is 1.16 bits per heavy atom. The van der Waals surface area contributed by atoms with E-state index in [2.05, 4.69) is 20.3 Å². The summed E-state index contributed by atoms with van der Waals surface area (Å²) in [5.74, 6) is 0.543. The number of nitrogens with one attached hydrogen (secondary N) is 1. The van der Waals surface area contributed by atoms with Gasteiger partial charge in [0.1, 0.15) is 11.8 Å². The van der Waals surface area contributed by atoms with Gasteiger partial charge in [-0.3, -0.25) is 9.69 Å². The van der Waals surface area contributed by atoms with Gasteiger partial charge in [-0.2, -0.15) is 5.10 Å². The molecule has 1 fully saturated rings. The van der Waals surface area contributed by atoms with E-state index in [1.807, 2.05) is 42.2 Å². The van der Waals surface area contributed by atoms with Crippen molar-refractivity contribution < 1.29 is 15.0 Å². The number of nitrogens with zero attached hydrogens (tertiary/aromatic N) is 5. The molecule has 0 saturated carbocycles. The van der Waals surface area contributed by atoms with Crippen LogP contribution in [0.3, 0.4) is 0 Å². The Hall–Kier alpha value is -3.01. The number of amides is 1. The van der Waals surface area contributed by atoms with Crippen molar-refractivity contribution >= 4 is 17.2 Å². The maximum Gasteiger partial charge on any atom is 0.255 e. The van der Waals surface area contributed by atoms with Gasteiger partial charge in [0.05, 0.1) is 24.8 Å². The van der Waals surface area contributed by atoms with E-state index in [4.69, 9.17) is 5.11 Å². The van der Waals surface area contributed by atoms with Crippen LogP contribution in [0, 0.1) is 6.92 Å². The van der Waals surface area contributed by atoms with Gasteiger partial charge in [0.2, 0.25) is 0 Å². The molecule has 31 heavy (non-hydrogen) atoms. The second kappa shape index (κ2) is 9.42. The summed E-state index contributed by atoms with van der Waals surface area (Å²) < 4.78 is 1.67. The van der Waals surface area contributed by atoms with Gasteiger partial charge in [0.25, 0.3) is 5.91 Å². The van der Waals surface area contributed by atoms with Crippen molar-refractivity contribution in [2.45, 2.75) is 13.0 Å². The van der Waals surface area contributed by atoms with Gasteiger partial charge in [-0.05, 0) is 18.1 Å². The predicted octanol–water partition coefficient (Wildman–Crippen LogP) is 0.933. The number of aromatic nitrogens is 3. The maximum atomic E-state index is 13.2. The summed E-state index contributed by atoms with van der Waals surface area (Å²) in [7, 11) is 0. The van der Waals surface area contributed by atoms with E-state index in [1.165, 1.54) is 6.33 Å². The molecule has 0 spiro atoms. The van der Waals surface area contributed by atoms with Crippen molar-refractivity contribution in [2.75, 3.05) is 51.3 Å². The van der Waals surface area contributed by atoms with Crippen LogP contribution in [0.5, 0.6) is 0 Å². The van der Waals surface area contributed by atoms with Gasteiger partial charge >= 0.3 is 0 Å². The number of anilines is 1. The summed E-state index contributed by atoms with van der Waals surface area (Å²) in [6.45, 7) is 5.32. The Morgan fingerprint density at radius 2 is 1.90 bits per heavy atom. The van der Waals surface area contributed by atoms with Crippen LogP contribution in [0.15, 0.2) is 42.9 Å². The van der Waals surface area contributed by atoms with E-state index in [0.717, 1.165) is 29.7 Å². The first-order chi connectivity index (χ1) is 15.1. The molecule has 0 radical (unpaired) electrons. The van der Waals surface area contributed by atoms with Crippen molar-refractivity contribution in [3.63, 3.8) is 0 Å². The number of hydrogen-bond donors (Lipinski definition) is 3. The van der Waals surface area contributed by atoms with Crippen LogP contribution in [0.2, 0.25) is 0 Å². The Bertz CT molecular complexity index is 1030. The lowest BCUT2D eigenvalue weighted by Crippen LogP contribution is -2.49. The molecule has 1 amide bonds. The fourth-order valence-corrected chi connectivity index (χ4v) is 4.05. The van der Waals surface area contributed by atoms with Crippen LogP contribution in [-0.4, -0.2) is 86.5 Å². The molecule has 1 aliphatic rings. The molecule has 9 heteroatoms.